The Bertz CT molecular complexity index is 270. The third kappa shape index (κ3) is 1.46. The van der Waals surface area contributed by atoms with Gasteiger partial charge in [0.25, 0.3) is 0 Å². The van der Waals surface area contributed by atoms with Gasteiger partial charge < -0.3 is 11.1 Å². The van der Waals surface area contributed by atoms with E-state index in [0.717, 1.165) is 18.4 Å². The molecule has 0 spiro atoms. The average molecular weight is 222 g/mol. The predicted octanol–water partition coefficient (Wildman–Crippen LogP) is 2.28. The lowest BCUT2D eigenvalue weighted by Crippen LogP contribution is -2.65. The fraction of sp³-hybridized carbons (Fsp3) is 1.00. The molecule has 3 N–H and O–H groups in total. The van der Waals surface area contributed by atoms with Gasteiger partial charge in [0, 0.05) is 11.6 Å². The number of nitrogens with two attached hydrogens (primary N) is 1. The zero-order valence-corrected chi connectivity index (χ0v) is 10.8. The molecular weight excluding hydrogens is 196 g/mol. The molecule has 0 aromatic rings. The molecule has 4 rings (SSSR count). The lowest BCUT2D eigenvalue weighted by molar-refractivity contribution is -0.0905. The lowest BCUT2D eigenvalue weighted by Gasteiger charge is -2.63. The van der Waals surface area contributed by atoms with Crippen LogP contribution in [-0.2, 0) is 0 Å². The highest BCUT2D eigenvalue weighted by Gasteiger charge is 2.58. The maximum absolute atomic E-state index is 6.32. The van der Waals surface area contributed by atoms with Crippen molar-refractivity contribution < 1.29 is 0 Å². The van der Waals surface area contributed by atoms with Crippen LogP contribution in [0.1, 0.15) is 52.4 Å². The van der Waals surface area contributed by atoms with E-state index in [2.05, 4.69) is 19.2 Å². The van der Waals surface area contributed by atoms with Crippen molar-refractivity contribution in [1.82, 2.24) is 5.32 Å². The van der Waals surface area contributed by atoms with Gasteiger partial charge in [-0.1, -0.05) is 6.92 Å². The van der Waals surface area contributed by atoms with Gasteiger partial charge in [-0.3, -0.25) is 0 Å². The Morgan fingerprint density at radius 3 is 2.38 bits per heavy atom. The minimum atomic E-state index is 0.386. The van der Waals surface area contributed by atoms with Crippen molar-refractivity contribution in [1.29, 1.82) is 0 Å². The molecule has 0 saturated heterocycles. The first-order valence-corrected chi connectivity index (χ1v) is 7.08. The molecule has 0 aromatic carbocycles. The molecule has 0 aliphatic heterocycles. The number of hydrogen-bond donors (Lipinski definition) is 2. The summed E-state index contributed by atoms with van der Waals surface area (Å²) in [5, 5.41) is 3.81. The van der Waals surface area contributed by atoms with Gasteiger partial charge in [0.1, 0.15) is 0 Å². The molecule has 4 saturated carbocycles. The maximum atomic E-state index is 6.32. The van der Waals surface area contributed by atoms with Crippen molar-refractivity contribution in [3.63, 3.8) is 0 Å². The summed E-state index contributed by atoms with van der Waals surface area (Å²) in [5.41, 5.74) is 7.26. The Hall–Kier alpha value is -0.0800. The van der Waals surface area contributed by atoms with Gasteiger partial charge in [-0.25, -0.2) is 0 Å². The van der Waals surface area contributed by atoms with Crippen molar-refractivity contribution >= 4 is 0 Å². The average Bonchev–Trinajstić information content (AvgIpc) is 2.14. The van der Waals surface area contributed by atoms with Crippen molar-refractivity contribution in [3.05, 3.63) is 0 Å². The van der Waals surface area contributed by atoms with Gasteiger partial charge in [0.15, 0.2) is 0 Å². The molecule has 2 nitrogen and oxygen atoms in total. The molecule has 16 heavy (non-hydrogen) atoms. The van der Waals surface area contributed by atoms with Gasteiger partial charge in [-0.2, -0.15) is 0 Å². The number of hydrogen-bond acceptors (Lipinski definition) is 2. The third-order valence-corrected chi connectivity index (χ3v) is 5.62. The summed E-state index contributed by atoms with van der Waals surface area (Å²) in [6, 6.07) is 0.386. The molecule has 3 unspecified atom stereocenters. The van der Waals surface area contributed by atoms with Crippen LogP contribution in [0.15, 0.2) is 0 Å². The molecule has 3 atom stereocenters. The SMILES string of the molecule is CCNC12CC3CC(C1)CC(C(C)N)(C3)C2. The summed E-state index contributed by atoms with van der Waals surface area (Å²) in [6.07, 6.45) is 8.50. The van der Waals surface area contributed by atoms with Crippen LogP contribution in [0.4, 0.5) is 0 Å². The van der Waals surface area contributed by atoms with Crippen LogP contribution in [0.3, 0.4) is 0 Å². The third-order valence-electron chi connectivity index (χ3n) is 5.62. The molecule has 0 radical (unpaired) electrons. The monoisotopic (exact) mass is 222 g/mol. The van der Waals surface area contributed by atoms with Gasteiger partial charge in [-0.15, -0.1) is 0 Å². The fourth-order valence-electron chi connectivity index (χ4n) is 5.45. The molecule has 0 aromatic heterocycles. The molecule has 4 bridgehead atoms. The van der Waals surface area contributed by atoms with E-state index in [1.54, 1.807) is 0 Å². The molecule has 4 fully saturated rings. The number of rotatable bonds is 3. The Balaban J connectivity index is 1.90. The Labute approximate surface area is 99.4 Å². The van der Waals surface area contributed by atoms with Gasteiger partial charge in [0.05, 0.1) is 0 Å². The van der Waals surface area contributed by atoms with Crippen LogP contribution in [-0.4, -0.2) is 18.1 Å². The van der Waals surface area contributed by atoms with E-state index in [-0.39, 0.29) is 0 Å². The van der Waals surface area contributed by atoms with Gasteiger partial charge in [0.2, 0.25) is 0 Å². The molecule has 2 heteroatoms. The van der Waals surface area contributed by atoms with E-state index in [9.17, 15) is 0 Å². The first kappa shape index (κ1) is 11.0. The predicted molar refractivity (Wildman–Crippen MR) is 67.2 cm³/mol. The first-order chi connectivity index (χ1) is 7.57. The fourth-order valence-corrected chi connectivity index (χ4v) is 5.45. The second-order valence-electron chi connectivity index (χ2n) is 6.92. The van der Waals surface area contributed by atoms with Crippen LogP contribution < -0.4 is 11.1 Å². The summed E-state index contributed by atoms with van der Waals surface area (Å²) >= 11 is 0. The maximum Gasteiger partial charge on any atom is 0.0192 e. The van der Waals surface area contributed by atoms with E-state index in [4.69, 9.17) is 5.73 Å². The van der Waals surface area contributed by atoms with E-state index < -0.39 is 0 Å². The van der Waals surface area contributed by atoms with E-state index >= 15 is 0 Å². The lowest BCUT2D eigenvalue weighted by atomic mass is 9.45. The van der Waals surface area contributed by atoms with E-state index in [0.29, 0.717) is 17.0 Å². The molecule has 4 aliphatic rings. The second-order valence-corrected chi connectivity index (χ2v) is 6.92. The summed E-state index contributed by atoms with van der Waals surface area (Å²) in [5.74, 6) is 1.93. The van der Waals surface area contributed by atoms with E-state index in [1.807, 2.05) is 0 Å². The summed E-state index contributed by atoms with van der Waals surface area (Å²) in [6.45, 7) is 5.61. The van der Waals surface area contributed by atoms with Crippen molar-refractivity contribution in [3.8, 4) is 0 Å². The molecule has 4 aliphatic carbocycles. The minimum absolute atomic E-state index is 0.386. The van der Waals surface area contributed by atoms with Crippen LogP contribution in [0.2, 0.25) is 0 Å². The second kappa shape index (κ2) is 3.46. The molecule has 0 heterocycles. The summed E-state index contributed by atoms with van der Waals surface area (Å²) < 4.78 is 0. The van der Waals surface area contributed by atoms with Crippen LogP contribution in [0, 0.1) is 17.3 Å². The van der Waals surface area contributed by atoms with Crippen LogP contribution in [0.25, 0.3) is 0 Å². The van der Waals surface area contributed by atoms with Crippen LogP contribution >= 0.6 is 0 Å². The molecule has 0 amide bonds. The normalized spacial score (nSPS) is 51.9. The molecular formula is C14H26N2. The van der Waals surface area contributed by atoms with Crippen LogP contribution in [0.5, 0.6) is 0 Å². The standard InChI is InChI=1S/C14H26N2/c1-3-16-14-7-11-4-12(8-14)6-13(5-11,9-14)10(2)15/h10-12,16H,3-9,15H2,1-2H3. The zero-order chi connectivity index (χ0) is 11.4. The summed E-state index contributed by atoms with van der Waals surface area (Å²) in [4.78, 5) is 0. The highest BCUT2D eigenvalue weighted by atomic mass is 15.0. The van der Waals surface area contributed by atoms with Crippen molar-refractivity contribution in [2.24, 2.45) is 23.0 Å². The van der Waals surface area contributed by atoms with Gasteiger partial charge >= 0.3 is 0 Å². The Kier molecular flexibility index (Phi) is 2.38. The zero-order valence-electron chi connectivity index (χ0n) is 10.8. The largest absolute Gasteiger partial charge is 0.327 e. The summed E-state index contributed by atoms with van der Waals surface area (Å²) in [7, 11) is 0. The van der Waals surface area contributed by atoms with Crippen molar-refractivity contribution in [2.75, 3.05) is 6.54 Å². The molecule has 92 valence electrons. The minimum Gasteiger partial charge on any atom is -0.327 e. The van der Waals surface area contributed by atoms with E-state index in [1.165, 1.54) is 38.5 Å². The Morgan fingerprint density at radius 1 is 1.25 bits per heavy atom. The highest BCUT2D eigenvalue weighted by molar-refractivity contribution is 5.13. The Morgan fingerprint density at radius 2 is 1.88 bits per heavy atom. The number of nitrogens with one attached hydrogen (secondary N) is 1. The first-order valence-electron chi connectivity index (χ1n) is 7.08. The quantitative estimate of drug-likeness (QED) is 0.769. The van der Waals surface area contributed by atoms with Crippen molar-refractivity contribution in [2.45, 2.75) is 64.0 Å². The smallest absolute Gasteiger partial charge is 0.0192 e. The highest BCUT2D eigenvalue weighted by Crippen LogP contribution is 2.62. The topological polar surface area (TPSA) is 38.0 Å². The van der Waals surface area contributed by atoms with Gasteiger partial charge in [-0.05, 0) is 69.2 Å².